The van der Waals surface area contributed by atoms with Gasteiger partial charge in [-0.25, -0.2) is 0 Å². The lowest BCUT2D eigenvalue weighted by atomic mass is 10.2. The molecule has 82 valence electrons. The summed E-state index contributed by atoms with van der Waals surface area (Å²) in [6.45, 7) is 2.19. The summed E-state index contributed by atoms with van der Waals surface area (Å²) in [5, 5.41) is 9.25. The number of aryl methyl sites for hydroxylation is 1. The minimum absolute atomic E-state index is 0.0923. The molecule has 0 saturated carbocycles. The lowest BCUT2D eigenvalue weighted by molar-refractivity contribution is 0.279. The molecule has 2 aromatic rings. The fraction of sp³-hybridized carbons (Fsp3) is 0.143. The van der Waals surface area contributed by atoms with E-state index in [-0.39, 0.29) is 6.61 Å². The molecule has 0 aliphatic heterocycles. The zero-order chi connectivity index (χ0) is 11.4. The highest BCUT2D eigenvalue weighted by Gasteiger charge is 2.04. The maximum Gasteiger partial charge on any atom is 0.0692 e. The average Bonchev–Trinajstić information content (AvgIpc) is 2.33. The standard InChI is InChI=1S/C14H14OS/c1-11-6-2-4-8-13(11)16-14-9-5-3-7-12(14)10-15/h2-9,15H,10H2,1H3. The van der Waals surface area contributed by atoms with E-state index in [0.29, 0.717) is 0 Å². The Kier molecular flexibility index (Phi) is 3.65. The van der Waals surface area contributed by atoms with Crippen LogP contribution in [0.1, 0.15) is 11.1 Å². The van der Waals surface area contributed by atoms with Crippen LogP contribution in [0, 0.1) is 6.92 Å². The molecule has 0 saturated heterocycles. The molecule has 1 N–H and O–H groups in total. The molecule has 0 unspecified atom stereocenters. The van der Waals surface area contributed by atoms with E-state index in [9.17, 15) is 5.11 Å². The largest absolute Gasteiger partial charge is 0.392 e. The monoisotopic (exact) mass is 230 g/mol. The Hall–Kier alpha value is -1.25. The molecule has 0 atom stereocenters. The van der Waals surface area contributed by atoms with Gasteiger partial charge in [-0.3, -0.25) is 0 Å². The quantitative estimate of drug-likeness (QED) is 0.868. The zero-order valence-electron chi connectivity index (χ0n) is 9.18. The van der Waals surface area contributed by atoms with Gasteiger partial charge >= 0.3 is 0 Å². The molecule has 2 aromatic carbocycles. The summed E-state index contributed by atoms with van der Waals surface area (Å²) >= 11 is 1.71. The predicted molar refractivity (Wildman–Crippen MR) is 67.7 cm³/mol. The number of hydrogen-bond donors (Lipinski definition) is 1. The molecule has 0 fully saturated rings. The molecule has 0 aliphatic carbocycles. The van der Waals surface area contributed by atoms with Crippen LogP contribution >= 0.6 is 11.8 Å². The van der Waals surface area contributed by atoms with Crippen LogP contribution in [0.25, 0.3) is 0 Å². The smallest absolute Gasteiger partial charge is 0.0692 e. The number of aliphatic hydroxyl groups excluding tert-OH is 1. The van der Waals surface area contributed by atoms with Gasteiger partial charge in [-0.05, 0) is 30.2 Å². The van der Waals surface area contributed by atoms with E-state index in [1.165, 1.54) is 10.5 Å². The molecule has 16 heavy (non-hydrogen) atoms. The highest BCUT2D eigenvalue weighted by atomic mass is 32.2. The van der Waals surface area contributed by atoms with Crippen molar-refractivity contribution in [1.82, 2.24) is 0 Å². The van der Waals surface area contributed by atoms with Crippen LogP contribution in [0.15, 0.2) is 58.3 Å². The topological polar surface area (TPSA) is 20.2 Å². The van der Waals surface area contributed by atoms with Crippen LogP contribution in [0.4, 0.5) is 0 Å². The first kappa shape index (κ1) is 11.2. The Morgan fingerprint density at radius 3 is 2.25 bits per heavy atom. The van der Waals surface area contributed by atoms with Gasteiger partial charge in [0, 0.05) is 9.79 Å². The molecule has 0 aromatic heterocycles. The first-order chi connectivity index (χ1) is 7.81. The fourth-order valence-corrected chi connectivity index (χ4v) is 2.55. The molecule has 2 heteroatoms. The molecular weight excluding hydrogens is 216 g/mol. The van der Waals surface area contributed by atoms with Gasteiger partial charge in [0.2, 0.25) is 0 Å². The third-order valence-electron chi connectivity index (χ3n) is 2.46. The molecule has 0 amide bonds. The summed E-state index contributed by atoms with van der Waals surface area (Å²) in [4.78, 5) is 2.36. The van der Waals surface area contributed by atoms with E-state index in [4.69, 9.17) is 0 Å². The van der Waals surface area contributed by atoms with E-state index < -0.39 is 0 Å². The number of hydrogen-bond acceptors (Lipinski definition) is 2. The molecule has 1 nitrogen and oxygen atoms in total. The maximum atomic E-state index is 9.25. The van der Waals surface area contributed by atoms with Crippen molar-refractivity contribution in [2.24, 2.45) is 0 Å². The molecule has 0 bridgehead atoms. The zero-order valence-corrected chi connectivity index (χ0v) is 10.00. The van der Waals surface area contributed by atoms with Crippen molar-refractivity contribution < 1.29 is 5.11 Å². The molecule has 0 aliphatic rings. The Morgan fingerprint density at radius 2 is 1.56 bits per heavy atom. The Morgan fingerprint density at radius 1 is 0.938 bits per heavy atom. The van der Waals surface area contributed by atoms with Gasteiger partial charge in [-0.1, -0.05) is 48.2 Å². The second-order valence-corrected chi connectivity index (χ2v) is 4.72. The number of benzene rings is 2. The highest BCUT2D eigenvalue weighted by Crippen LogP contribution is 2.32. The Balaban J connectivity index is 2.30. The third kappa shape index (κ3) is 2.46. The lowest BCUT2D eigenvalue weighted by Crippen LogP contribution is -1.87. The van der Waals surface area contributed by atoms with E-state index in [2.05, 4.69) is 19.1 Å². The van der Waals surface area contributed by atoms with Crippen molar-refractivity contribution in [1.29, 1.82) is 0 Å². The molecular formula is C14H14OS. The van der Waals surface area contributed by atoms with E-state index in [1.54, 1.807) is 11.8 Å². The highest BCUT2D eigenvalue weighted by molar-refractivity contribution is 7.99. The van der Waals surface area contributed by atoms with Crippen molar-refractivity contribution in [2.45, 2.75) is 23.3 Å². The molecule has 0 heterocycles. The second-order valence-electron chi connectivity index (χ2n) is 3.63. The fourth-order valence-electron chi connectivity index (χ4n) is 1.52. The first-order valence-corrected chi connectivity index (χ1v) is 6.05. The van der Waals surface area contributed by atoms with Gasteiger partial charge in [0.25, 0.3) is 0 Å². The second kappa shape index (κ2) is 5.19. The van der Waals surface area contributed by atoms with Crippen LogP contribution in [0.5, 0.6) is 0 Å². The van der Waals surface area contributed by atoms with E-state index in [1.807, 2.05) is 36.4 Å². The van der Waals surface area contributed by atoms with E-state index in [0.717, 1.165) is 10.5 Å². The first-order valence-electron chi connectivity index (χ1n) is 5.23. The van der Waals surface area contributed by atoms with Crippen LogP contribution in [0.3, 0.4) is 0 Å². The minimum Gasteiger partial charge on any atom is -0.392 e. The van der Waals surface area contributed by atoms with Crippen LogP contribution in [-0.4, -0.2) is 5.11 Å². The minimum atomic E-state index is 0.0923. The summed E-state index contributed by atoms with van der Waals surface area (Å²) in [5.41, 5.74) is 2.25. The maximum absolute atomic E-state index is 9.25. The number of rotatable bonds is 3. The van der Waals surface area contributed by atoms with Crippen molar-refractivity contribution >= 4 is 11.8 Å². The summed E-state index contributed by atoms with van der Waals surface area (Å²) in [6.07, 6.45) is 0. The van der Waals surface area contributed by atoms with Gasteiger partial charge in [0.1, 0.15) is 0 Å². The Bertz CT molecular complexity index is 480. The normalized spacial score (nSPS) is 10.4. The predicted octanol–water partition coefficient (Wildman–Crippen LogP) is 3.64. The molecule has 2 rings (SSSR count). The SMILES string of the molecule is Cc1ccccc1Sc1ccccc1CO. The summed E-state index contributed by atoms with van der Waals surface area (Å²) in [6, 6.07) is 16.2. The third-order valence-corrected chi connectivity index (χ3v) is 3.75. The van der Waals surface area contributed by atoms with Crippen LogP contribution < -0.4 is 0 Å². The van der Waals surface area contributed by atoms with Gasteiger partial charge in [-0.2, -0.15) is 0 Å². The van der Waals surface area contributed by atoms with Gasteiger partial charge < -0.3 is 5.11 Å². The summed E-state index contributed by atoms with van der Waals surface area (Å²) < 4.78 is 0. The van der Waals surface area contributed by atoms with Gasteiger partial charge in [-0.15, -0.1) is 0 Å². The van der Waals surface area contributed by atoms with Crippen molar-refractivity contribution in [3.05, 3.63) is 59.7 Å². The van der Waals surface area contributed by atoms with Crippen LogP contribution in [0.2, 0.25) is 0 Å². The molecule has 0 spiro atoms. The Labute approximate surface area is 100 Å². The van der Waals surface area contributed by atoms with E-state index >= 15 is 0 Å². The molecule has 0 radical (unpaired) electrons. The van der Waals surface area contributed by atoms with Crippen LogP contribution in [-0.2, 0) is 6.61 Å². The van der Waals surface area contributed by atoms with Crippen molar-refractivity contribution in [3.8, 4) is 0 Å². The summed E-state index contributed by atoms with van der Waals surface area (Å²) in [5.74, 6) is 0. The number of aliphatic hydroxyl groups is 1. The summed E-state index contributed by atoms with van der Waals surface area (Å²) in [7, 11) is 0. The average molecular weight is 230 g/mol. The van der Waals surface area contributed by atoms with Crippen molar-refractivity contribution in [3.63, 3.8) is 0 Å². The lowest BCUT2D eigenvalue weighted by Gasteiger charge is -2.08. The van der Waals surface area contributed by atoms with Gasteiger partial charge in [0.15, 0.2) is 0 Å². The van der Waals surface area contributed by atoms with Crippen molar-refractivity contribution in [2.75, 3.05) is 0 Å². The van der Waals surface area contributed by atoms with Gasteiger partial charge in [0.05, 0.1) is 6.61 Å².